The lowest BCUT2D eigenvalue weighted by Gasteiger charge is -2.12. The predicted octanol–water partition coefficient (Wildman–Crippen LogP) is 2.71. The maximum absolute atomic E-state index is 5.45. The molecule has 0 atom stereocenters. The Balaban J connectivity index is 3.11. The lowest BCUT2D eigenvalue weighted by atomic mass is 10.1. The third-order valence-electron chi connectivity index (χ3n) is 2.06. The summed E-state index contributed by atoms with van der Waals surface area (Å²) < 4.78 is 10.7. The van der Waals surface area contributed by atoms with Crippen molar-refractivity contribution in [3.05, 3.63) is 23.3 Å². The van der Waals surface area contributed by atoms with Crippen LogP contribution in [0.1, 0.15) is 18.1 Å². The van der Waals surface area contributed by atoms with Crippen LogP contribution in [0.5, 0.6) is 11.5 Å². The Kier molecular flexibility index (Phi) is 3.18. The number of rotatable bonds is 3. The number of methoxy groups -OCH3 is 1. The van der Waals surface area contributed by atoms with Crippen molar-refractivity contribution >= 4 is 0 Å². The van der Waals surface area contributed by atoms with E-state index in [-0.39, 0.29) is 0 Å². The molecule has 0 spiro atoms. The van der Waals surface area contributed by atoms with Crippen LogP contribution in [0.25, 0.3) is 0 Å². The number of benzene rings is 1. The average Bonchev–Trinajstić information content (AvgIpc) is 2.11. The second-order valence-corrected chi connectivity index (χ2v) is 2.97. The zero-order chi connectivity index (χ0) is 9.84. The summed E-state index contributed by atoms with van der Waals surface area (Å²) >= 11 is 0. The molecular formula is C11H16O2. The Hall–Kier alpha value is -1.18. The normalized spacial score (nSPS) is 9.85. The SMILES string of the molecule is CCOc1ccc(C)c(OC)c1C. The minimum Gasteiger partial charge on any atom is -0.496 e. The molecule has 0 N–H and O–H groups in total. The highest BCUT2D eigenvalue weighted by atomic mass is 16.5. The minimum absolute atomic E-state index is 0.688. The third kappa shape index (κ3) is 1.94. The smallest absolute Gasteiger partial charge is 0.128 e. The van der Waals surface area contributed by atoms with E-state index in [4.69, 9.17) is 9.47 Å². The molecule has 0 saturated carbocycles. The summed E-state index contributed by atoms with van der Waals surface area (Å²) in [6, 6.07) is 3.99. The van der Waals surface area contributed by atoms with Crippen molar-refractivity contribution < 1.29 is 9.47 Å². The van der Waals surface area contributed by atoms with Gasteiger partial charge in [0.15, 0.2) is 0 Å². The molecule has 0 aliphatic carbocycles. The van der Waals surface area contributed by atoms with E-state index in [0.717, 1.165) is 22.6 Å². The van der Waals surface area contributed by atoms with E-state index < -0.39 is 0 Å². The maximum Gasteiger partial charge on any atom is 0.128 e. The van der Waals surface area contributed by atoms with Gasteiger partial charge in [-0.25, -0.2) is 0 Å². The van der Waals surface area contributed by atoms with Crippen molar-refractivity contribution in [3.8, 4) is 11.5 Å². The van der Waals surface area contributed by atoms with Crippen LogP contribution in [0, 0.1) is 13.8 Å². The van der Waals surface area contributed by atoms with Gasteiger partial charge in [0, 0.05) is 5.56 Å². The van der Waals surface area contributed by atoms with Crippen LogP contribution in [-0.4, -0.2) is 13.7 Å². The number of ether oxygens (including phenoxy) is 2. The molecule has 0 aliphatic heterocycles. The standard InChI is InChI=1S/C11H16O2/c1-5-13-10-7-6-8(2)11(12-4)9(10)3/h6-7H,5H2,1-4H3. The van der Waals surface area contributed by atoms with E-state index in [1.807, 2.05) is 32.9 Å². The third-order valence-corrected chi connectivity index (χ3v) is 2.06. The molecule has 0 fully saturated rings. The van der Waals surface area contributed by atoms with Crippen molar-refractivity contribution in [1.82, 2.24) is 0 Å². The Morgan fingerprint density at radius 1 is 1.23 bits per heavy atom. The van der Waals surface area contributed by atoms with Gasteiger partial charge in [0.05, 0.1) is 13.7 Å². The molecule has 0 aliphatic rings. The molecule has 0 heterocycles. The number of aryl methyl sites for hydroxylation is 1. The highest BCUT2D eigenvalue weighted by Crippen LogP contribution is 2.30. The fourth-order valence-electron chi connectivity index (χ4n) is 1.43. The summed E-state index contributed by atoms with van der Waals surface area (Å²) in [5.41, 5.74) is 2.22. The lowest BCUT2D eigenvalue weighted by molar-refractivity contribution is 0.332. The van der Waals surface area contributed by atoms with E-state index in [1.54, 1.807) is 7.11 Å². The largest absolute Gasteiger partial charge is 0.496 e. The zero-order valence-electron chi connectivity index (χ0n) is 8.68. The van der Waals surface area contributed by atoms with Crippen molar-refractivity contribution in [2.24, 2.45) is 0 Å². The van der Waals surface area contributed by atoms with Gasteiger partial charge < -0.3 is 9.47 Å². The molecule has 0 amide bonds. The van der Waals surface area contributed by atoms with Gasteiger partial charge in [0.1, 0.15) is 11.5 Å². The van der Waals surface area contributed by atoms with Crippen molar-refractivity contribution in [1.29, 1.82) is 0 Å². The molecule has 0 unspecified atom stereocenters. The number of hydrogen-bond donors (Lipinski definition) is 0. The molecule has 72 valence electrons. The summed E-state index contributed by atoms with van der Waals surface area (Å²) in [4.78, 5) is 0. The highest BCUT2D eigenvalue weighted by Gasteiger charge is 2.07. The molecule has 0 bridgehead atoms. The van der Waals surface area contributed by atoms with Gasteiger partial charge in [-0.1, -0.05) is 6.07 Å². The Morgan fingerprint density at radius 3 is 2.46 bits per heavy atom. The lowest BCUT2D eigenvalue weighted by Crippen LogP contribution is -1.97. The Morgan fingerprint density at radius 2 is 1.92 bits per heavy atom. The zero-order valence-corrected chi connectivity index (χ0v) is 8.68. The van der Waals surface area contributed by atoms with E-state index in [2.05, 4.69) is 0 Å². The molecule has 13 heavy (non-hydrogen) atoms. The first kappa shape index (κ1) is 9.90. The van der Waals surface area contributed by atoms with Crippen molar-refractivity contribution in [2.75, 3.05) is 13.7 Å². The Bertz CT molecular complexity index is 292. The quantitative estimate of drug-likeness (QED) is 0.712. The molecule has 2 nitrogen and oxygen atoms in total. The van der Waals surface area contributed by atoms with Gasteiger partial charge in [-0.2, -0.15) is 0 Å². The molecule has 1 rings (SSSR count). The van der Waals surface area contributed by atoms with Crippen LogP contribution in [0.15, 0.2) is 12.1 Å². The van der Waals surface area contributed by atoms with Crippen LogP contribution >= 0.6 is 0 Å². The summed E-state index contributed by atoms with van der Waals surface area (Å²) in [7, 11) is 1.69. The minimum atomic E-state index is 0.688. The first-order valence-corrected chi connectivity index (χ1v) is 4.47. The molecule has 0 radical (unpaired) electrons. The monoisotopic (exact) mass is 180 g/mol. The predicted molar refractivity (Wildman–Crippen MR) is 53.6 cm³/mol. The Labute approximate surface area is 79.5 Å². The van der Waals surface area contributed by atoms with E-state index in [1.165, 1.54) is 0 Å². The van der Waals surface area contributed by atoms with Gasteiger partial charge in [0.2, 0.25) is 0 Å². The summed E-state index contributed by atoms with van der Waals surface area (Å²) in [5, 5.41) is 0. The number of hydrogen-bond acceptors (Lipinski definition) is 2. The molecule has 0 saturated heterocycles. The van der Waals surface area contributed by atoms with Crippen LogP contribution in [-0.2, 0) is 0 Å². The molecule has 1 aromatic carbocycles. The fourth-order valence-corrected chi connectivity index (χ4v) is 1.43. The van der Waals surface area contributed by atoms with Crippen LogP contribution < -0.4 is 9.47 Å². The summed E-state index contributed by atoms with van der Waals surface area (Å²) in [5.74, 6) is 1.83. The molecule has 2 heteroatoms. The topological polar surface area (TPSA) is 18.5 Å². The van der Waals surface area contributed by atoms with Gasteiger partial charge >= 0.3 is 0 Å². The van der Waals surface area contributed by atoms with Crippen LogP contribution in [0.2, 0.25) is 0 Å². The van der Waals surface area contributed by atoms with Crippen molar-refractivity contribution in [2.45, 2.75) is 20.8 Å². The molecular weight excluding hydrogens is 164 g/mol. The van der Waals surface area contributed by atoms with E-state index in [0.29, 0.717) is 6.61 Å². The molecule has 1 aromatic rings. The fraction of sp³-hybridized carbons (Fsp3) is 0.455. The van der Waals surface area contributed by atoms with Gasteiger partial charge in [0.25, 0.3) is 0 Å². The van der Waals surface area contributed by atoms with Crippen molar-refractivity contribution in [3.63, 3.8) is 0 Å². The first-order chi connectivity index (χ1) is 6.20. The van der Waals surface area contributed by atoms with E-state index in [9.17, 15) is 0 Å². The van der Waals surface area contributed by atoms with E-state index >= 15 is 0 Å². The second kappa shape index (κ2) is 4.17. The maximum atomic E-state index is 5.45. The van der Waals surface area contributed by atoms with Gasteiger partial charge in [-0.05, 0) is 32.4 Å². The van der Waals surface area contributed by atoms with Gasteiger partial charge in [-0.15, -0.1) is 0 Å². The molecule has 0 aromatic heterocycles. The van der Waals surface area contributed by atoms with Crippen LogP contribution in [0.3, 0.4) is 0 Å². The van der Waals surface area contributed by atoms with Crippen LogP contribution in [0.4, 0.5) is 0 Å². The summed E-state index contributed by atoms with van der Waals surface area (Å²) in [6.07, 6.45) is 0. The first-order valence-electron chi connectivity index (χ1n) is 4.47. The second-order valence-electron chi connectivity index (χ2n) is 2.97. The highest BCUT2D eigenvalue weighted by molar-refractivity contribution is 5.48. The average molecular weight is 180 g/mol. The van der Waals surface area contributed by atoms with Gasteiger partial charge in [-0.3, -0.25) is 0 Å². The summed E-state index contributed by atoms with van der Waals surface area (Å²) in [6.45, 7) is 6.71.